The number of rotatable bonds is 1. The molecule has 3 nitrogen and oxygen atoms in total. The number of halogens is 1. The van der Waals surface area contributed by atoms with Crippen molar-refractivity contribution in [3.8, 4) is 5.75 Å². The maximum Gasteiger partial charge on any atom is 0.179 e. The van der Waals surface area contributed by atoms with Crippen LogP contribution < -0.4 is 4.74 Å². The van der Waals surface area contributed by atoms with Gasteiger partial charge in [-0.25, -0.2) is 0 Å². The number of hydrogen-bond donors (Lipinski definition) is 0. The fraction of sp³-hybridized carbons (Fsp3) is 0.667. The van der Waals surface area contributed by atoms with E-state index in [1.165, 1.54) is 0 Å². The molecule has 0 N–H and O–H groups in total. The number of aryl methyl sites for hydroxylation is 1. The fourth-order valence-electron chi connectivity index (χ4n) is 1.16. The Bertz CT molecular complexity index is 312. The normalized spacial score (nSPS) is 11.8. The molecule has 0 aliphatic carbocycles. The van der Waals surface area contributed by atoms with Crippen LogP contribution in [0.5, 0.6) is 5.75 Å². The number of hydrogen-bond acceptors (Lipinski definition) is 2. The molecule has 0 saturated heterocycles. The summed E-state index contributed by atoms with van der Waals surface area (Å²) in [5.41, 5.74) is 0.846. The summed E-state index contributed by atoms with van der Waals surface area (Å²) in [4.78, 5) is 0. The molecule has 4 heteroatoms. The summed E-state index contributed by atoms with van der Waals surface area (Å²) in [6, 6.07) is 0. The summed E-state index contributed by atoms with van der Waals surface area (Å²) in [5, 5.41) is 4.86. The molecule has 13 heavy (non-hydrogen) atoms. The molecule has 1 heterocycles. The van der Waals surface area contributed by atoms with Crippen LogP contribution in [0.1, 0.15) is 26.5 Å². The van der Waals surface area contributed by atoms with E-state index >= 15 is 0 Å². The lowest BCUT2D eigenvalue weighted by Crippen LogP contribution is -2.13. The first-order valence-corrected chi connectivity index (χ1v) is 4.52. The van der Waals surface area contributed by atoms with Crippen LogP contribution in [-0.2, 0) is 12.5 Å². The lowest BCUT2D eigenvalue weighted by atomic mass is 9.92. The van der Waals surface area contributed by atoms with Gasteiger partial charge in [-0.1, -0.05) is 32.4 Å². The highest BCUT2D eigenvalue weighted by molar-refractivity contribution is 6.31. The van der Waals surface area contributed by atoms with Crippen LogP contribution in [0.25, 0.3) is 0 Å². The molecule has 0 aliphatic rings. The molecule has 0 radical (unpaired) electrons. The van der Waals surface area contributed by atoms with Gasteiger partial charge in [0.05, 0.1) is 7.11 Å². The van der Waals surface area contributed by atoms with Gasteiger partial charge in [0.15, 0.2) is 10.9 Å². The van der Waals surface area contributed by atoms with Crippen LogP contribution in [0.2, 0.25) is 5.15 Å². The van der Waals surface area contributed by atoms with Crippen LogP contribution in [0.4, 0.5) is 0 Å². The summed E-state index contributed by atoms with van der Waals surface area (Å²) in [6.07, 6.45) is 0. The highest BCUT2D eigenvalue weighted by Gasteiger charge is 2.25. The molecule has 0 aliphatic heterocycles. The standard InChI is InChI=1S/C9H15ClN2O/c1-9(2,3)7-6(13-5)8(10)12(4)11-7/h1-5H3. The minimum atomic E-state index is -0.0454. The summed E-state index contributed by atoms with van der Waals surface area (Å²) < 4.78 is 6.83. The van der Waals surface area contributed by atoms with E-state index in [0.717, 1.165) is 5.69 Å². The molecule has 1 aromatic heterocycles. The van der Waals surface area contributed by atoms with Gasteiger partial charge in [-0.3, -0.25) is 4.68 Å². The van der Waals surface area contributed by atoms with Crippen molar-refractivity contribution in [1.82, 2.24) is 9.78 Å². The average Bonchev–Trinajstić information content (AvgIpc) is 2.28. The second kappa shape index (κ2) is 3.22. The minimum Gasteiger partial charge on any atom is -0.492 e. The zero-order chi connectivity index (χ0) is 10.2. The van der Waals surface area contributed by atoms with Gasteiger partial charge >= 0.3 is 0 Å². The van der Waals surface area contributed by atoms with E-state index in [0.29, 0.717) is 10.9 Å². The Balaban J connectivity index is 3.30. The van der Waals surface area contributed by atoms with E-state index in [1.54, 1.807) is 18.8 Å². The SMILES string of the molecule is COc1c(C(C)(C)C)nn(C)c1Cl. The van der Waals surface area contributed by atoms with E-state index in [-0.39, 0.29) is 5.41 Å². The maximum atomic E-state index is 6.00. The van der Waals surface area contributed by atoms with Gasteiger partial charge in [0.1, 0.15) is 5.69 Å². The molecule has 0 saturated carbocycles. The molecule has 0 fully saturated rings. The first-order valence-electron chi connectivity index (χ1n) is 4.15. The first-order chi connectivity index (χ1) is 5.88. The third-order valence-electron chi connectivity index (χ3n) is 1.85. The molecule has 0 bridgehead atoms. The van der Waals surface area contributed by atoms with E-state index in [2.05, 4.69) is 25.9 Å². The molecule has 0 amide bonds. The Morgan fingerprint density at radius 1 is 1.38 bits per heavy atom. The van der Waals surface area contributed by atoms with Gasteiger partial charge in [-0.2, -0.15) is 5.10 Å². The van der Waals surface area contributed by atoms with Gasteiger partial charge < -0.3 is 4.74 Å². The quantitative estimate of drug-likeness (QED) is 0.699. The largest absolute Gasteiger partial charge is 0.492 e. The van der Waals surface area contributed by atoms with Crippen molar-refractivity contribution in [2.75, 3.05) is 7.11 Å². The van der Waals surface area contributed by atoms with Crippen LogP contribution in [-0.4, -0.2) is 16.9 Å². The predicted molar refractivity (Wildman–Crippen MR) is 53.5 cm³/mol. The maximum absolute atomic E-state index is 6.00. The Morgan fingerprint density at radius 3 is 2.23 bits per heavy atom. The molecular weight excluding hydrogens is 188 g/mol. The van der Waals surface area contributed by atoms with Gasteiger partial charge in [-0.15, -0.1) is 0 Å². The summed E-state index contributed by atoms with van der Waals surface area (Å²) in [7, 11) is 3.41. The van der Waals surface area contributed by atoms with E-state index in [4.69, 9.17) is 16.3 Å². The first kappa shape index (κ1) is 10.4. The van der Waals surface area contributed by atoms with Gasteiger partial charge in [0, 0.05) is 12.5 Å². The van der Waals surface area contributed by atoms with Gasteiger partial charge in [0.2, 0.25) is 0 Å². The Morgan fingerprint density at radius 2 is 1.92 bits per heavy atom. The second-order valence-corrected chi connectivity index (χ2v) is 4.40. The lowest BCUT2D eigenvalue weighted by molar-refractivity contribution is 0.397. The number of ether oxygens (including phenoxy) is 1. The summed E-state index contributed by atoms with van der Waals surface area (Å²) in [6.45, 7) is 6.23. The number of methoxy groups -OCH3 is 1. The molecule has 0 spiro atoms. The summed E-state index contributed by atoms with van der Waals surface area (Å²) >= 11 is 6.00. The van der Waals surface area contributed by atoms with Crippen molar-refractivity contribution in [3.63, 3.8) is 0 Å². The van der Waals surface area contributed by atoms with Crippen molar-refractivity contribution in [2.24, 2.45) is 7.05 Å². The van der Waals surface area contributed by atoms with Crippen LogP contribution >= 0.6 is 11.6 Å². The molecular formula is C9H15ClN2O. The van der Waals surface area contributed by atoms with Crippen molar-refractivity contribution in [3.05, 3.63) is 10.8 Å². The second-order valence-electron chi connectivity index (χ2n) is 4.05. The third-order valence-corrected chi connectivity index (χ3v) is 2.27. The van der Waals surface area contributed by atoms with E-state index < -0.39 is 0 Å². The fourth-order valence-corrected chi connectivity index (χ4v) is 1.36. The van der Waals surface area contributed by atoms with E-state index in [1.807, 2.05) is 0 Å². The number of nitrogens with zero attached hydrogens (tertiary/aromatic N) is 2. The molecule has 1 aromatic rings. The van der Waals surface area contributed by atoms with Crippen molar-refractivity contribution >= 4 is 11.6 Å². The monoisotopic (exact) mass is 202 g/mol. The molecule has 0 atom stereocenters. The van der Waals surface area contributed by atoms with Crippen LogP contribution in [0.15, 0.2) is 0 Å². The Hall–Kier alpha value is -0.700. The Labute approximate surface area is 83.6 Å². The van der Waals surface area contributed by atoms with E-state index in [9.17, 15) is 0 Å². The molecule has 0 aromatic carbocycles. The zero-order valence-electron chi connectivity index (χ0n) is 8.68. The van der Waals surface area contributed by atoms with Crippen LogP contribution in [0, 0.1) is 0 Å². The highest BCUT2D eigenvalue weighted by atomic mass is 35.5. The van der Waals surface area contributed by atoms with Crippen LogP contribution in [0.3, 0.4) is 0 Å². The lowest BCUT2D eigenvalue weighted by Gasteiger charge is -2.16. The molecule has 74 valence electrons. The number of aromatic nitrogens is 2. The minimum absolute atomic E-state index is 0.0454. The predicted octanol–water partition coefficient (Wildman–Crippen LogP) is 2.38. The van der Waals surface area contributed by atoms with Crippen molar-refractivity contribution in [1.29, 1.82) is 0 Å². The van der Waals surface area contributed by atoms with Gasteiger partial charge in [0.25, 0.3) is 0 Å². The summed E-state index contributed by atoms with van der Waals surface area (Å²) in [5.74, 6) is 0.677. The topological polar surface area (TPSA) is 27.1 Å². The smallest absolute Gasteiger partial charge is 0.179 e. The van der Waals surface area contributed by atoms with Crippen molar-refractivity contribution < 1.29 is 4.74 Å². The highest BCUT2D eigenvalue weighted by Crippen LogP contribution is 2.35. The third kappa shape index (κ3) is 1.80. The zero-order valence-corrected chi connectivity index (χ0v) is 9.44. The molecule has 1 rings (SSSR count). The average molecular weight is 203 g/mol. The van der Waals surface area contributed by atoms with Gasteiger partial charge in [-0.05, 0) is 0 Å². The Kier molecular flexibility index (Phi) is 2.57. The van der Waals surface area contributed by atoms with Crippen molar-refractivity contribution in [2.45, 2.75) is 26.2 Å². The molecule has 0 unspecified atom stereocenters.